The van der Waals surface area contributed by atoms with Gasteiger partial charge in [0.1, 0.15) is 5.75 Å². The molecule has 1 nitrogen and oxygen atoms in total. The monoisotopic (exact) mass is 344 g/mol. The van der Waals surface area contributed by atoms with Crippen LogP contribution in [0.25, 0.3) is 22.3 Å². The third-order valence-electron chi connectivity index (χ3n) is 5.02. The molecule has 26 heavy (non-hydrogen) atoms. The van der Waals surface area contributed by atoms with Gasteiger partial charge in [0.2, 0.25) is 0 Å². The molecule has 3 rings (SSSR count). The van der Waals surface area contributed by atoms with E-state index in [1.807, 2.05) is 0 Å². The fourth-order valence-corrected chi connectivity index (χ4v) is 3.33. The van der Waals surface area contributed by atoms with Crippen molar-refractivity contribution in [2.75, 3.05) is 0 Å². The largest absolute Gasteiger partial charge is 0.507 e. The lowest BCUT2D eigenvalue weighted by molar-refractivity contribution is 0.454. The number of hydrogen-bond acceptors (Lipinski definition) is 1. The maximum Gasteiger partial charge on any atom is 0.122 e. The summed E-state index contributed by atoms with van der Waals surface area (Å²) in [6.07, 6.45) is 0. The van der Waals surface area contributed by atoms with E-state index in [-0.39, 0.29) is 0 Å². The van der Waals surface area contributed by atoms with Gasteiger partial charge in [-0.1, -0.05) is 81.8 Å². The van der Waals surface area contributed by atoms with Crippen LogP contribution in [0.3, 0.4) is 0 Å². The average molecular weight is 344 g/mol. The normalized spacial score (nSPS) is 11.3. The summed E-state index contributed by atoms with van der Waals surface area (Å²) in [6, 6.07) is 21.6. The fraction of sp³-hybridized carbons (Fsp3) is 0.280. The Bertz CT molecular complexity index is 855. The molecule has 0 amide bonds. The van der Waals surface area contributed by atoms with Crippen LogP contribution in [0.2, 0.25) is 0 Å². The first-order chi connectivity index (χ1) is 12.4. The van der Waals surface area contributed by atoms with E-state index in [2.05, 4.69) is 95.3 Å². The summed E-state index contributed by atoms with van der Waals surface area (Å²) in [7, 11) is 0. The van der Waals surface area contributed by atoms with E-state index in [9.17, 15) is 5.11 Å². The Morgan fingerprint density at radius 1 is 0.577 bits per heavy atom. The molecule has 0 spiro atoms. The van der Waals surface area contributed by atoms with E-state index in [0.717, 1.165) is 11.1 Å². The predicted octanol–water partition coefficient (Wildman–Crippen LogP) is 7.28. The summed E-state index contributed by atoms with van der Waals surface area (Å²) >= 11 is 0. The molecule has 0 aliphatic rings. The summed E-state index contributed by atoms with van der Waals surface area (Å²) in [5, 5.41) is 10.6. The molecule has 3 aromatic carbocycles. The van der Waals surface area contributed by atoms with E-state index in [0.29, 0.717) is 17.6 Å². The Morgan fingerprint density at radius 2 is 0.923 bits per heavy atom. The summed E-state index contributed by atoms with van der Waals surface area (Å²) in [6.45, 7) is 10.6. The Hall–Kier alpha value is -2.54. The van der Waals surface area contributed by atoms with E-state index < -0.39 is 0 Å². The zero-order valence-corrected chi connectivity index (χ0v) is 16.4. The van der Waals surface area contributed by atoms with Crippen LogP contribution in [0, 0.1) is 6.92 Å². The Balaban J connectivity index is 2.02. The minimum absolute atomic E-state index is 0.291. The van der Waals surface area contributed by atoms with Crippen molar-refractivity contribution in [1.29, 1.82) is 0 Å². The van der Waals surface area contributed by atoms with Crippen LogP contribution in [0.4, 0.5) is 0 Å². The zero-order valence-electron chi connectivity index (χ0n) is 16.4. The number of aryl methyl sites for hydroxylation is 1. The van der Waals surface area contributed by atoms with Gasteiger partial charge in [0.05, 0.1) is 0 Å². The number of phenols is 1. The third kappa shape index (κ3) is 3.67. The molecule has 0 aromatic heterocycles. The zero-order chi connectivity index (χ0) is 18.8. The lowest BCUT2D eigenvalue weighted by Crippen LogP contribution is -1.97. The van der Waals surface area contributed by atoms with Crippen molar-refractivity contribution in [3.63, 3.8) is 0 Å². The molecule has 0 aliphatic heterocycles. The molecule has 0 saturated heterocycles. The fourth-order valence-electron chi connectivity index (χ4n) is 3.33. The van der Waals surface area contributed by atoms with Crippen LogP contribution < -0.4 is 0 Å². The van der Waals surface area contributed by atoms with Gasteiger partial charge in [-0.15, -0.1) is 0 Å². The molecule has 1 heteroatoms. The van der Waals surface area contributed by atoms with Crippen LogP contribution in [-0.2, 0) is 0 Å². The highest BCUT2D eigenvalue weighted by Gasteiger charge is 2.15. The molecule has 0 heterocycles. The molecule has 0 saturated carbocycles. The van der Waals surface area contributed by atoms with Crippen LogP contribution in [0.5, 0.6) is 5.75 Å². The molecule has 0 fully saturated rings. The summed E-state index contributed by atoms with van der Waals surface area (Å²) < 4.78 is 0. The van der Waals surface area contributed by atoms with Crippen molar-refractivity contribution in [3.05, 3.63) is 77.4 Å². The number of phenolic OH excluding ortho intramolecular Hbond substituents is 1. The van der Waals surface area contributed by atoms with Crippen LogP contribution >= 0.6 is 0 Å². The first-order valence-electron chi connectivity index (χ1n) is 9.41. The summed E-state index contributed by atoms with van der Waals surface area (Å²) in [5.41, 5.74) is 8.13. The highest BCUT2D eigenvalue weighted by Crippen LogP contribution is 2.38. The Morgan fingerprint density at radius 3 is 1.31 bits per heavy atom. The standard InChI is InChI=1S/C25H28O/c1-16(2)23-14-22(15-24(17(3)4)25(23)26)21-12-10-20(11-13-21)19-8-6-18(5)7-9-19/h6-17,26H,1-5H3. The molecule has 0 aliphatic carbocycles. The molecule has 0 radical (unpaired) electrons. The smallest absolute Gasteiger partial charge is 0.122 e. The molecule has 1 N–H and O–H groups in total. The van der Waals surface area contributed by atoms with Crippen molar-refractivity contribution < 1.29 is 5.11 Å². The molecular weight excluding hydrogens is 316 g/mol. The Labute approximate surface area is 157 Å². The first-order valence-corrected chi connectivity index (χ1v) is 9.41. The van der Waals surface area contributed by atoms with Gasteiger partial charge in [-0.3, -0.25) is 0 Å². The minimum atomic E-state index is 0.291. The number of rotatable bonds is 4. The first kappa shape index (κ1) is 18.3. The van der Waals surface area contributed by atoms with E-state index in [1.54, 1.807) is 0 Å². The molecule has 134 valence electrons. The van der Waals surface area contributed by atoms with Crippen molar-refractivity contribution in [2.24, 2.45) is 0 Å². The molecule has 0 unspecified atom stereocenters. The average Bonchev–Trinajstić information content (AvgIpc) is 2.62. The second-order valence-corrected chi connectivity index (χ2v) is 7.76. The van der Waals surface area contributed by atoms with Gasteiger partial charge in [0.25, 0.3) is 0 Å². The van der Waals surface area contributed by atoms with E-state index in [1.165, 1.54) is 27.8 Å². The maximum absolute atomic E-state index is 10.6. The maximum atomic E-state index is 10.6. The van der Waals surface area contributed by atoms with Crippen molar-refractivity contribution in [3.8, 4) is 28.0 Å². The second-order valence-electron chi connectivity index (χ2n) is 7.76. The molecule has 0 bridgehead atoms. The van der Waals surface area contributed by atoms with Gasteiger partial charge in [-0.25, -0.2) is 0 Å². The van der Waals surface area contributed by atoms with Gasteiger partial charge in [-0.2, -0.15) is 0 Å². The van der Waals surface area contributed by atoms with Crippen molar-refractivity contribution in [1.82, 2.24) is 0 Å². The van der Waals surface area contributed by atoms with Crippen molar-refractivity contribution in [2.45, 2.75) is 46.5 Å². The number of hydrogen-bond donors (Lipinski definition) is 1. The number of benzene rings is 3. The lowest BCUT2D eigenvalue weighted by Gasteiger charge is -2.18. The van der Waals surface area contributed by atoms with E-state index >= 15 is 0 Å². The van der Waals surface area contributed by atoms with Gasteiger partial charge in [-0.05, 0) is 64.3 Å². The van der Waals surface area contributed by atoms with Crippen LogP contribution in [-0.4, -0.2) is 5.11 Å². The molecule has 0 atom stereocenters. The summed E-state index contributed by atoms with van der Waals surface area (Å²) in [5.74, 6) is 1.04. The molecule has 3 aromatic rings. The topological polar surface area (TPSA) is 20.2 Å². The van der Waals surface area contributed by atoms with Gasteiger partial charge >= 0.3 is 0 Å². The van der Waals surface area contributed by atoms with Gasteiger partial charge in [0, 0.05) is 0 Å². The van der Waals surface area contributed by atoms with Crippen molar-refractivity contribution >= 4 is 0 Å². The lowest BCUT2D eigenvalue weighted by atomic mass is 9.89. The van der Waals surface area contributed by atoms with Gasteiger partial charge < -0.3 is 5.11 Å². The van der Waals surface area contributed by atoms with Crippen LogP contribution in [0.15, 0.2) is 60.7 Å². The number of aromatic hydroxyl groups is 1. The SMILES string of the molecule is Cc1ccc(-c2ccc(-c3cc(C(C)C)c(O)c(C(C)C)c3)cc2)cc1. The highest BCUT2D eigenvalue weighted by molar-refractivity contribution is 5.72. The second kappa shape index (κ2) is 7.37. The minimum Gasteiger partial charge on any atom is -0.507 e. The highest BCUT2D eigenvalue weighted by atomic mass is 16.3. The molecular formula is C25H28O. The third-order valence-corrected chi connectivity index (χ3v) is 5.02. The van der Waals surface area contributed by atoms with Crippen LogP contribution in [0.1, 0.15) is 56.2 Å². The quantitative estimate of drug-likeness (QED) is 0.527. The van der Waals surface area contributed by atoms with E-state index in [4.69, 9.17) is 0 Å². The summed E-state index contributed by atoms with van der Waals surface area (Å²) in [4.78, 5) is 0. The Kier molecular flexibility index (Phi) is 5.18. The predicted molar refractivity (Wildman–Crippen MR) is 112 cm³/mol. The van der Waals surface area contributed by atoms with Gasteiger partial charge in [0.15, 0.2) is 0 Å².